The minimum atomic E-state index is 0.393. The summed E-state index contributed by atoms with van der Waals surface area (Å²) in [5, 5.41) is 0. The summed E-state index contributed by atoms with van der Waals surface area (Å²) in [6.45, 7) is 6.96. The number of ether oxygens (including phenoxy) is 1. The molecule has 14 heavy (non-hydrogen) atoms. The summed E-state index contributed by atoms with van der Waals surface area (Å²) in [6.07, 6.45) is 0. The molecule has 1 atom stereocenters. The van der Waals surface area contributed by atoms with Gasteiger partial charge in [-0.25, -0.2) is 0 Å². The van der Waals surface area contributed by atoms with Crippen LogP contribution in [0.4, 0.5) is 0 Å². The fourth-order valence-electron chi connectivity index (χ4n) is 1.82. The maximum atomic E-state index is 5.66. The van der Waals surface area contributed by atoms with Crippen molar-refractivity contribution in [1.29, 1.82) is 0 Å². The quantitative estimate of drug-likeness (QED) is 0.800. The molecule has 0 aliphatic rings. The average Bonchev–Trinajstić information content (AvgIpc) is 2.18. The minimum Gasteiger partial charge on any atom is -0.496 e. The number of hydrogen-bond acceptors (Lipinski definition) is 2. The lowest BCUT2D eigenvalue weighted by Gasteiger charge is -2.16. The molecule has 0 amide bonds. The smallest absolute Gasteiger partial charge is 0.124 e. The predicted molar refractivity (Wildman–Crippen MR) is 59.9 cm³/mol. The van der Waals surface area contributed by atoms with Crippen LogP contribution in [0.3, 0.4) is 0 Å². The number of nitrogens with two attached hydrogens (primary N) is 1. The monoisotopic (exact) mass is 193 g/mol. The first-order valence-electron chi connectivity index (χ1n) is 4.96. The standard InChI is InChI=1S/C12H19NO/c1-8-5-6-11(9(2)7-13)10(3)12(8)14-4/h5-6,9H,7,13H2,1-4H3. The van der Waals surface area contributed by atoms with Gasteiger partial charge in [0.2, 0.25) is 0 Å². The molecule has 0 aromatic heterocycles. The second-order valence-corrected chi connectivity index (χ2v) is 3.77. The second kappa shape index (κ2) is 4.47. The Kier molecular flexibility index (Phi) is 3.53. The van der Waals surface area contributed by atoms with Crippen LogP contribution in [0.5, 0.6) is 5.75 Å². The van der Waals surface area contributed by atoms with Crippen LogP contribution in [-0.4, -0.2) is 13.7 Å². The normalized spacial score (nSPS) is 12.6. The van der Waals surface area contributed by atoms with Gasteiger partial charge in [0.15, 0.2) is 0 Å². The van der Waals surface area contributed by atoms with E-state index in [1.807, 2.05) is 0 Å². The molecule has 1 unspecified atom stereocenters. The molecule has 2 N–H and O–H groups in total. The fourth-order valence-corrected chi connectivity index (χ4v) is 1.82. The highest BCUT2D eigenvalue weighted by atomic mass is 16.5. The summed E-state index contributed by atoms with van der Waals surface area (Å²) >= 11 is 0. The number of aryl methyl sites for hydroxylation is 1. The van der Waals surface area contributed by atoms with Crippen LogP contribution < -0.4 is 10.5 Å². The van der Waals surface area contributed by atoms with E-state index in [1.165, 1.54) is 16.7 Å². The molecule has 2 nitrogen and oxygen atoms in total. The maximum absolute atomic E-state index is 5.66. The molecule has 0 fully saturated rings. The zero-order valence-corrected chi connectivity index (χ0v) is 9.42. The first-order chi connectivity index (χ1) is 6.61. The van der Waals surface area contributed by atoms with Gasteiger partial charge in [-0.2, -0.15) is 0 Å². The predicted octanol–water partition coefficient (Wildman–Crippen LogP) is 2.37. The topological polar surface area (TPSA) is 35.2 Å². The van der Waals surface area contributed by atoms with Crippen molar-refractivity contribution >= 4 is 0 Å². The SMILES string of the molecule is COc1c(C)ccc(C(C)CN)c1C. The van der Waals surface area contributed by atoms with Crippen LogP contribution in [0, 0.1) is 13.8 Å². The van der Waals surface area contributed by atoms with E-state index >= 15 is 0 Å². The van der Waals surface area contributed by atoms with Gasteiger partial charge in [-0.3, -0.25) is 0 Å². The van der Waals surface area contributed by atoms with Crippen LogP contribution in [0.1, 0.15) is 29.5 Å². The van der Waals surface area contributed by atoms with Gasteiger partial charge in [0.05, 0.1) is 7.11 Å². The number of hydrogen-bond donors (Lipinski definition) is 1. The Morgan fingerprint density at radius 2 is 2.00 bits per heavy atom. The molecular formula is C12H19NO. The van der Waals surface area contributed by atoms with E-state index < -0.39 is 0 Å². The first kappa shape index (κ1) is 11.1. The van der Waals surface area contributed by atoms with Gasteiger partial charge >= 0.3 is 0 Å². The molecule has 0 radical (unpaired) electrons. The molecule has 0 saturated heterocycles. The van der Waals surface area contributed by atoms with Crippen molar-refractivity contribution in [2.75, 3.05) is 13.7 Å². The van der Waals surface area contributed by atoms with Crippen LogP contribution in [0.2, 0.25) is 0 Å². The van der Waals surface area contributed by atoms with Gasteiger partial charge in [-0.05, 0) is 43.0 Å². The summed E-state index contributed by atoms with van der Waals surface area (Å²) in [4.78, 5) is 0. The lowest BCUT2D eigenvalue weighted by Crippen LogP contribution is -2.10. The van der Waals surface area contributed by atoms with Crippen molar-refractivity contribution in [3.05, 3.63) is 28.8 Å². The Balaban J connectivity index is 3.21. The van der Waals surface area contributed by atoms with Crippen molar-refractivity contribution in [3.63, 3.8) is 0 Å². The zero-order chi connectivity index (χ0) is 10.7. The number of benzene rings is 1. The van der Waals surface area contributed by atoms with Crippen molar-refractivity contribution in [2.45, 2.75) is 26.7 Å². The summed E-state index contributed by atoms with van der Waals surface area (Å²) in [5.41, 5.74) is 9.34. The number of methoxy groups -OCH3 is 1. The molecule has 1 aromatic carbocycles. The lowest BCUT2D eigenvalue weighted by molar-refractivity contribution is 0.407. The Morgan fingerprint density at radius 1 is 1.36 bits per heavy atom. The van der Waals surface area contributed by atoms with Crippen LogP contribution in [-0.2, 0) is 0 Å². The third-order valence-electron chi connectivity index (χ3n) is 2.73. The molecule has 0 bridgehead atoms. The third-order valence-corrected chi connectivity index (χ3v) is 2.73. The van der Waals surface area contributed by atoms with E-state index in [2.05, 4.69) is 32.9 Å². The molecule has 0 aliphatic carbocycles. The molecule has 0 saturated carbocycles. The minimum absolute atomic E-state index is 0.393. The van der Waals surface area contributed by atoms with Gasteiger partial charge in [-0.15, -0.1) is 0 Å². The largest absolute Gasteiger partial charge is 0.496 e. The number of rotatable bonds is 3. The molecule has 1 aromatic rings. The first-order valence-corrected chi connectivity index (χ1v) is 4.96. The highest BCUT2D eigenvalue weighted by molar-refractivity contribution is 5.46. The second-order valence-electron chi connectivity index (χ2n) is 3.77. The zero-order valence-electron chi connectivity index (χ0n) is 9.42. The van der Waals surface area contributed by atoms with Crippen molar-refractivity contribution in [1.82, 2.24) is 0 Å². The van der Waals surface area contributed by atoms with Gasteiger partial charge in [0.1, 0.15) is 5.75 Å². The van der Waals surface area contributed by atoms with E-state index in [1.54, 1.807) is 7.11 Å². The summed E-state index contributed by atoms with van der Waals surface area (Å²) in [7, 11) is 1.71. The Morgan fingerprint density at radius 3 is 2.50 bits per heavy atom. The van der Waals surface area contributed by atoms with Gasteiger partial charge in [0.25, 0.3) is 0 Å². The average molecular weight is 193 g/mol. The van der Waals surface area contributed by atoms with Gasteiger partial charge < -0.3 is 10.5 Å². The fraction of sp³-hybridized carbons (Fsp3) is 0.500. The van der Waals surface area contributed by atoms with Crippen LogP contribution in [0.15, 0.2) is 12.1 Å². The highest BCUT2D eigenvalue weighted by Gasteiger charge is 2.11. The maximum Gasteiger partial charge on any atom is 0.124 e. The van der Waals surface area contributed by atoms with E-state index in [0.717, 1.165) is 5.75 Å². The Labute approximate surface area is 86.1 Å². The molecule has 0 heterocycles. The molecule has 2 heteroatoms. The van der Waals surface area contributed by atoms with Crippen molar-refractivity contribution in [2.24, 2.45) is 5.73 Å². The molecular weight excluding hydrogens is 174 g/mol. The van der Waals surface area contributed by atoms with Crippen molar-refractivity contribution < 1.29 is 4.74 Å². The molecule has 78 valence electrons. The molecule has 0 spiro atoms. The summed E-state index contributed by atoms with van der Waals surface area (Å²) in [6, 6.07) is 4.23. The van der Waals surface area contributed by atoms with Crippen LogP contribution in [0.25, 0.3) is 0 Å². The molecule has 0 aliphatic heterocycles. The van der Waals surface area contributed by atoms with E-state index in [9.17, 15) is 0 Å². The third kappa shape index (κ3) is 1.90. The highest BCUT2D eigenvalue weighted by Crippen LogP contribution is 2.29. The van der Waals surface area contributed by atoms with E-state index in [4.69, 9.17) is 10.5 Å². The summed E-state index contributed by atoms with van der Waals surface area (Å²) < 4.78 is 5.37. The molecule has 1 rings (SSSR count). The van der Waals surface area contributed by atoms with Gasteiger partial charge in [0, 0.05) is 0 Å². The van der Waals surface area contributed by atoms with Gasteiger partial charge in [-0.1, -0.05) is 19.1 Å². The lowest BCUT2D eigenvalue weighted by atomic mass is 9.94. The Bertz CT molecular complexity index is 320. The van der Waals surface area contributed by atoms with E-state index in [0.29, 0.717) is 12.5 Å². The van der Waals surface area contributed by atoms with Crippen molar-refractivity contribution in [3.8, 4) is 5.75 Å². The van der Waals surface area contributed by atoms with E-state index in [-0.39, 0.29) is 0 Å². The van der Waals surface area contributed by atoms with Crippen LogP contribution >= 0.6 is 0 Å². The summed E-state index contributed by atoms with van der Waals surface area (Å²) in [5.74, 6) is 1.38. The Hall–Kier alpha value is -1.02.